The van der Waals surface area contributed by atoms with Crippen LogP contribution in [0.5, 0.6) is 0 Å². The Balaban J connectivity index is 1.95. The van der Waals surface area contributed by atoms with E-state index in [2.05, 4.69) is 47.8 Å². The standard InChI is InChI=1S/C15H28N4/c1-5-8-16-14-7-6-13(12(14)4)9-15-17-10-18-19(15)11(2)3/h10-14,16H,5-9H2,1-4H3. The summed E-state index contributed by atoms with van der Waals surface area (Å²) in [6, 6.07) is 1.10. The highest BCUT2D eigenvalue weighted by Gasteiger charge is 2.33. The van der Waals surface area contributed by atoms with Crippen LogP contribution in [0.1, 0.15) is 58.8 Å². The average Bonchev–Trinajstić information content (AvgIpc) is 2.97. The summed E-state index contributed by atoms with van der Waals surface area (Å²) in [5.74, 6) is 2.64. The molecule has 0 spiro atoms. The van der Waals surface area contributed by atoms with Crippen molar-refractivity contribution in [3.63, 3.8) is 0 Å². The first-order valence-electron chi connectivity index (χ1n) is 7.75. The fraction of sp³-hybridized carbons (Fsp3) is 0.867. The molecule has 1 saturated carbocycles. The van der Waals surface area contributed by atoms with Gasteiger partial charge in [-0.15, -0.1) is 0 Å². The number of rotatable bonds is 6. The van der Waals surface area contributed by atoms with E-state index in [9.17, 15) is 0 Å². The third-order valence-electron chi connectivity index (χ3n) is 4.46. The van der Waals surface area contributed by atoms with E-state index in [-0.39, 0.29) is 0 Å². The lowest BCUT2D eigenvalue weighted by Crippen LogP contribution is -2.33. The summed E-state index contributed by atoms with van der Waals surface area (Å²) in [6.07, 6.45) is 6.61. The fourth-order valence-electron chi connectivity index (χ4n) is 3.24. The largest absolute Gasteiger partial charge is 0.314 e. The summed E-state index contributed by atoms with van der Waals surface area (Å²) in [5, 5.41) is 8.03. The fourth-order valence-corrected chi connectivity index (χ4v) is 3.24. The van der Waals surface area contributed by atoms with Gasteiger partial charge in [-0.3, -0.25) is 0 Å². The van der Waals surface area contributed by atoms with Gasteiger partial charge >= 0.3 is 0 Å². The lowest BCUT2D eigenvalue weighted by molar-refractivity contribution is 0.340. The van der Waals surface area contributed by atoms with Crippen LogP contribution < -0.4 is 5.32 Å². The van der Waals surface area contributed by atoms with Crippen molar-refractivity contribution in [2.45, 2.75) is 65.5 Å². The second-order valence-corrected chi connectivity index (χ2v) is 6.18. The number of nitrogens with zero attached hydrogens (tertiary/aromatic N) is 3. The zero-order valence-electron chi connectivity index (χ0n) is 12.8. The van der Waals surface area contributed by atoms with Crippen molar-refractivity contribution in [1.29, 1.82) is 0 Å². The van der Waals surface area contributed by atoms with Crippen molar-refractivity contribution in [3.05, 3.63) is 12.2 Å². The van der Waals surface area contributed by atoms with Crippen molar-refractivity contribution in [2.24, 2.45) is 11.8 Å². The minimum atomic E-state index is 0.406. The van der Waals surface area contributed by atoms with Crippen molar-refractivity contribution >= 4 is 0 Å². The molecule has 19 heavy (non-hydrogen) atoms. The molecule has 3 atom stereocenters. The Morgan fingerprint density at radius 1 is 1.42 bits per heavy atom. The van der Waals surface area contributed by atoms with Crippen LogP contribution in [0.3, 0.4) is 0 Å². The minimum Gasteiger partial charge on any atom is -0.314 e. The zero-order chi connectivity index (χ0) is 13.8. The third kappa shape index (κ3) is 3.35. The van der Waals surface area contributed by atoms with Crippen molar-refractivity contribution in [2.75, 3.05) is 6.54 Å². The molecule has 1 aliphatic carbocycles. The first-order valence-corrected chi connectivity index (χ1v) is 7.75. The van der Waals surface area contributed by atoms with Crippen LogP contribution in [-0.4, -0.2) is 27.4 Å². The summed E-state index contributed by atoms with van der Waals surface area (Å²) >= 11 is 0. The minimum absolute atomic E-state index is 0.406. The monoisotopic (exact) mass is 264 g/mol. The van der Waals surface area contributed by atoms with Gasteiger partial charge in [-0.1, -0.05) is 13.8 Å². The number of hydrogen-bond donors (Lipinski definition) is 1. The van der Waals surface area contributed by atoms with Gasteiger partial charge in [-0.2, -0.15) is 5.10 Å². The predicted molar refractivity (Wildman–Crippen MR) is 78.1 cm³/mol. The Kier molecular flexibility index (Phi) is 4.97. The normalized spacial score (nSPS) is 27.3. The van der Waals surface area contributed by atoms with Crippen LogP contribution in [-0.2, 0) is 6.42 Å². The van der Waals surface area contributed by atoms with Crippen molar-refractivity contribution < 1.29 is 0 Å². The summed E-state index contributed by atoms with van der Waals surface area (Å²) < 4.78 is 2.07. The molecule has 1 aromatic heterocycles. The van der Waals surface area contributed by atoms with E-state index in [1.165, 1.54) is 19.3 Å². The molecule has 2 rings (SSSR count). The molecule has 4 heteroatoms. The van der Waals surface area contributed by atoms with Gasteiger partial charge in [0.05, 0.1) is 0 Å². The second kappa shape index (κ2) is 6.51. The van der Waals surface area contributed by atoms with Gasteiger partial charge in [0.2, 0.25) is 0 Å². The van der Waals surface area contributed by atoms with E-state index in [0.29, 0.717) is 12.1 Å². The molecule has 3 unspecified atom stereocenters. The van der Waals surface area contributed by atoms with Gasteiger partial charge in [0, 0.05) is 18.5 Å². The molecule has 0 radical (unpaired) electrons. The quantitative estimate of drug-likeness (QED) is 0.859. The molecule has 0 bridgehead atoms. The van der Waals surface area contributed by atoms with E-state index >= 15 is 0 Å². The first-order chi connectivity index (χ1) is 9.13. The topological polar surface area (TPSA) is 42.7 Å². The zero-order valence-corrected chi connectivity index (χ0v) is 12.8. The molecular formula is C15H28N4. The van der Waals surface area contributed by atoms with Crippen LogP contribution in [0.15, 0.2) is 6.33 Å². The molecule has 0 aromatic carbocycles. The van der Waals surface area contributed by atoms with Crippen LogP contribution in [0.25, 0.3) is 0 Å². The predicted octanol–water partition coefficient (Wildman–Crippen LogP) is 2.82. The van der Waals surface area contributed by atoms with Gasteiger partial charge in [0.15, 0.2) is 0 Å². The van der Waals surface area contributed by atoms with Gasteiger partial charge < -0.3 is 5.32 Å². The highest BCUT2D eigenvalue weighted by atomic mass is 15.3. The van der Waals surface area contributed by atoms with E-state index < -0.39 is 0 Å². The van der Waals surface area contributed by atoms with Crippen molar-refractivity contribution in [3.8, 4) is 0 Å². The maximum atomic E-state index is 4.45. The number of aromatic nitrogens is 3. The molecule has 1 aliphatic rings. The Labute approximate surface area is 117 Å². The van der Waals surface area contributed by atoms with Gasteiger partial charge in [-0.05, 0) is 51.5 Å². The van der Waals surface area contributed by atoms with Gasteiger partial charge in [0.1, 0.15) is 12.2 Å². The summed E-state index contributed by atoms with van der Waals surface area (Å²) in [6.45, 7) is 10.1. The summed E-state index contributed by atoms with van der Waals surface area (Å²) in [5.41, 5.74) is 0. The van der Waals surface area contributed by atoms with Crippen LogP contribution in [0.2, 0.25) is 0 Å². The van der Waals surface area contributed by atoms with Crippen LogP contribution in [0, 0.1) is 11.8 Å². The SMILES string of the molecule is CCCNC1CCC(Cc2ncnn2C(C)C)C1C. The van der Waals surface area contributed by atoms with Gasteiger partial charge in [0.25, 0.3) is 0 Å². The highest BCUT2D eigenvalue weighted by Crippen LogP contribution is 2.34. The van der Waals surface area contributed by atoms with E-state index in [1.54, 1.807) is 6.33 Å². The molecule has 1 aromatic rings. The van der Waals surface area contributed by atoms with Gasteiger partial charge in [-0.25, -0.2) is 9.67 Å². The number of hydrogen-bond acceptors (Lipinski definition) is 3. The Morgan fingerprint density at radius 2 is 2.21 bits per heavy atom. The molecule has 1 N–H and O–H groups in total. The lowest BCUT2D eigenvalue weighted by atomic mass is 9.92. The first kappa shape index (κ1) is 14.5. The molecule has 4 nitrogen and oxygen atoms in total. The molecular weight excluding hydrogens is 236 g/mol. The summed E-state index contributed by atoms with van der Waals surface area (Å²) in [7, 11) is 0. The average molecular weight is 264 g/mol. The van der Waals surface area contributed by atoms with Crippen LogP contribution in [0.4, 0.5) is 0 Å². The van der Waals surface area contributed by atoms with Crippen LogP contribution >= 0.6 is 0 Å². The Morgan fingerprint density at radius 3 is 2.89 bits per heavy atom. The maximum absolute atomic E-state index is 4.45. The smallest absolute Gasteiger partial charge is 0.138 e. The molecule has 1 heterocycles. The molecule has 108 valence electrons. The Hall–Kier alpha value is -0.900. The number of nitrogens with one attached hydrogen (secondary N) is 1. The van der Waals surface area contributed by atoms with E-state index in [1.807, 2.05) is 0 Å². The van der Waals surface area contributed by atoms with Crippen molar-refractivity contribution in [1.82, 2.24) is 20.1 Å². The summed E-state index contributed by atoms with van der Waals surface area (Å²) in [4.78, 5) is 4.45. The van der Waals surface area contributed by atoms with E-state index in [0.717, 1.165) is 30.6 Å². The maximum Gasteiger partial charge on any atom is 0.138 e. The molecule has 0 aliphatic heterocycles. The van der Waals surface area contributed by atoms with E-state index in [4.69, 9.17) is 0 Å². The molecule has 0 amide bonds. The lowest BCUT2D eigenvalue weighted by Gasteiger charge is -2.22. The molecule has 1 fully saturated rings. The second-order valence-electron chi connectivity index (χ2n) is 6.18. The third-order valence-corrected chi connectivity index (χ3v) is 4.46. The highest BCUT2D eigenvalue weighted by molar-refractivity contribution is 4.95. The Bertz CT molecular complexity index is 385. The molecule has 0 saturated heterocycles.